The van der Waals surface area contributed by atoms with E-state index in [0.717, 1.165) is 17.8 Å². The molecule has 216 valence electrons. The summed E-state index contributed by atoms with van der Waals surface area (Å²) < 4.78 is 42.5. The van der Waals surface area contributed by atoms with Crippen molar-refractivity contribution in [1.29, 1.82) is 0 Å². The first-order valence-corrected chi connectivity index (χ1v) is 13.4. The molecule has 0 fully saturated rings. The van der Waals surface area contributed by atoms with E-state index in [1.165, 1.54) is 32.4 Å². The minimum atomic E-state index is -4.22. The van der Waals surface area contributed by atoms with Crippen molar-refractivity contribution in [2.24, 2.45) is 5.73 Å². The molecule has 0 aliphatic heterocycles. The van der Waals surface area contributed by atoms with E-state index in [9.17, 15) is 27.6 Å². The summed E-state index contributed by atoms with van der Waals surface area (Å²) in [5.41, 5.74) is 6.01. The van der Waals surface area contributed by atoms with Crippen molar-refractivity contribution in [2.75, 3.05) is 27.3 Å². The number of nitrogens with two attached hydrogens (primary N) is 1. The van der Waals surface area contributed by atoms with Gasteiger partial charge in [-0.25, -0.2) is 22.9 Å². The van der Waals surface area contributed by atoms with Gasteiger partial charge in [0.15, 0.2) is 0 Å². The molecule has 0 bridgehead atoms. The second-order valence-corrected chi connectivity index (χ2v) is 9.86. The number of methoxy groups -OCH3 is 2. The lowest BCUT2D eigenvalue weighted by atomic mass is 10.1. The molecule has 0 atom stereocenters. The van der Waals surface area contributed by atoms with Gasteiger partial charge in [-0.3, -0.25) is 19.7 Å². The Bertz CT molecular complexity index is 1530. The molecule has 0 saturated carbocycles. The number of benzene rings is 2. The van der Waals surface area contributed by atoms with Gasteiger partial charge in [0.05, 0.1) is 36.8 Å². The molecule has 0 unspecified atom stereocenters. The van der Waals surface area contributed by atoms with Crippen LogP contribution in [0.1, 0.15) is 26.3 Å². The zero-order valence-electron chi connectivity index (χ0n) is 22.0. The summed E-state index contributed by atoms with van der Waals surface area (Å²) >= 11 is 0. The van der Waals surface area contributed by atoms with E-state index >= 15 is 0 Å². The standard InChI is InChI=1S/C26H27N5O9S/c1-38-18-6-9-21(39-2)20(13-18)25(34)28-12-11-16-3-7-19(8-4-16)41(36,37)31-24(33)17-5-10-23(29-15-17)40-26(35)30-22(32)14-27/h3-10,13,15H,11-12,14,27H2,1-2H3,(H,28,34)(H,31,33)(H,30,32,35). The van der Waals surface area contributed by atoms with Gasteiger partial charge in [-0.2, -0.15) is 0 Å². The molecule has 1 aromatic heterocycles. The Labute approximate surface area is 235 Å². The highest BCUT2D eigenvalue weighted by Gasteiger charge is 2.20. The third-order valence-corrected chi connectivity index (χ3v) is 6.78. The number of nitrogens with zero attached hydrogens (tertiary/aromatic N) is 1. The molecule has 0 radical (unpaired) electrons. The molecule has 0 aliphatic carbocycles. The number of carbonyl (C=O) groups excluding carboxylic acids is 4. The Morgan fingerprint density at radius 3 is 2.27 bits per heavy atom. The molecule has 4 amide bonds. The average molecular weight is 586 g/mol. The quantitative estimate of drug-likeness (QED) is 0.247. The maximum absolute atomic E-state index is 12.7. The van der Waals surface area contributed by atoms with Gasteiger partial charge in [-0.1, -0.05) is 12.1 Å². The van der Waals surface area contributed by atoms with Crippen LogP contribution in [-0.2, 0) is 21.2 Å². The molecule has 0 spiro atoms. The van der Waals surface area contributed by atoms with Gasteiger partial charge in [0.1, 0.15) is 11.5 Å². The fourth-order valence-corrected chi connectivity index (χ4v) is 4.32. The van der Waals surface area contributed by atoms with Crippen LogP contribution >= 0.6 is 0 Å². The van der Waals surface area contributed by atoms with Gasteiger partial charge >= 0.3 is 6.09 Å². The van der Waals surface area contributed by atoms with Crippen molar-refractivity contribution >= 4 is 33.8 Å². The third kappa shape index (κ3) is 8.48. The van der Waals surface area contributed by atoms with Crippen LogP contribution in [0, 0.1) is 0 Å². The zero-order valence-corrected chi connectivity index (χ0v) is 22.8. The van der Waals surface area contributed by atoms with Crippen molar-refractivity contribution in [2.45, 2.75) is 11.3 Å². The topological polar surface area (TPSA) is 205 Å². The van der Waals surface area contributed by atoms with E-state index in [1.54, 1.807) is 30.3 Å². The lowest BCUT2D eigenvalue weighted by Crippen LogP contribution is -2.37. The molecular formula is C26H27N5O9S. The Kier molecular flexibility index (Phi) is 10.3. The number of amides is 4. The summed E-state index contributed by atoms with van der Waals surface area (Å²) in [7, 11) is -1.28. The highest BCUT2D eigenvalue weighted by molar-refractivity contribution is 7.90. The Morgan fingerprint density at radius 2 is 1.66 bits per heavy atom. The van der Waals surface area contributed by atoms with E-state index in [-0.39, 0.29) is 28.8 Å². The number of pyridine rings is 1. The lowest BCUT2D eigenvalue weighted by Gasteiger charge is -2.11. The number of ether oxygens (including phenoxy) is 3. The van der Waals surface area contributed by atoms with E-state index in [4.69, 9.17) is 19.9 Å². The molecule has 0 aliphatic rings. The molecule has 2 aromatic carbocycles. The fraction of sp³-hybridized carbons (Fsp3) is 0.192. The van der Waals surface area contributed by atoms with Crippen LogP contribution in [0.15, 0.2) is 65.7 Å². The van der Waals surface area contributed by atoms with Crippen LogP contribution in [0.5, 0.6) is 17.4 Å². The van der Waals surface area contributed by atoms with Gasteiger partial charge < -0.3 is 25.3 Å². The third-order valence-electron chi connectivity index (χ3n) is 5.43. The lowest BCUT2D eigenvalue weighted by molar-refractivity contribution is -0.118. The number of nitrogens with one attached hydrogen (secondary N) is 3. The monoisotopic (exact) mass is 585 g/mol. The van der Waals surface area contributed by atoms with Crippen LogP contribution in [-0.4, -0.2) is 64.5 Å². The zero-order chi connectivity index (χ0) is 30.0. The number of imide groups is 1. The van der Waals surface area contributed by atoms with Gasteiger partial charge in [0.2, 0.25) is 11.8 Å². The van der Waals surface area contributed by atoms with Gasteiger partial charge in [-0.15, -0.1) is 0 Å². The number of rotatable bonds is 11. The first-order chi connectivity index (χ1) is 19.6. The Balaban J connectivity index is 1.55. The normalized spacial score (nSPS) is 10.7. The average Bonchev–Trinajstić information content (AvgIpc) is 2.96. The van der Waals surface area contributed by atoms with Crippen molar-refractivity contribution in [1.82, 2.24) is 20.3 Å². The maximum Gasteiger partial charge on any atom is 0.420 e. The van der Waals surface area contributed by atoms with Gasteiger partial charge in [-0.05, 0) is 48.4 Å². The predicted octanol–water partition coefficient (Wildman–Crippen LogP) is 0.764. The van der Waals surface area contributed by atoms with E-state index in [2.05, 4.69) is 10.3 Å². The maximum atomic E-state index is 12.7. The van der Waals surface area contributed by atoms with Crippen molar-refractivity contribution in [3.63, 3.8) is 0 Å². The molecule has 3 rings (SSSR count). The van der Waals surface area contributed by atoms with E-state index in [0.29, 0.717) is 23.5 Å². The van der Waals surface area contributed by atoms with Crippen LogP contribution in [0.25, 0.3) is 0 Å². The summed E-state index contributed by atoms with van der Waals surface area (Å²) in [5.74, 6) is -1.43. The molecule has 41 heavy (non-hydrogen) atoms. The van der Waals surface area contributed by atoms with Crippen LogP contribution in [0.4, 0.5) is 4.79 Å². The van der Waals surface area contributed by atoms with Crippen molar-refractivity contribution in [3.8, 4) is 17.4 Å². The van der Waals surface area contributed by atoms with Gasteiger partial charge in [0.25, 0.3) is 21.8 Å². The van der Waals surface area contributed by atoms with Crippen LogP contribution in [0.2, 0.25) is 0 Å². The largest absolute Gasteiger partial charge is 0.497 e. The number of hydrogen-bond donors (Lipinski definition) is 4. The summed E-state index contributed by atoms with van der Waals surface area (Å²) in [6.45, 7) is -0.155. The van der Waals surface area contributed by atoms with Crippen LogP contribution < -0.4 is 35.3 Å². The number of hydrogen-bond acceptors (Lipinski definition) is 11. The van der Waals surface area contributed by atoms with Crippen LogP contribution in [0.3, 0.4) is 0 Å². The SMILES string of the molecule is COc1ccc(OC)c(C(=O)NCCc2ccc(S(=O)(=O)NC(=O)c3ccc(OC(=O)NC(=O)CN)nc3)cc2)c1. The first-order valence-electron chi connectivity index (χ1n) is 11.9. The predicted molar refractivity (Wildman–Crippen MR) is 144 cm³/mol. The molecule has 14 nitrogen and oxygen atoms in total. The summed E-state index contributed by atoms with van der Waals surface area (Å²) in [5, 5.41) is 4.63. The molecule has 0 saturated heterocycles. The number of aromatic nitrogens is 1. The fourth-order valence-electron chi connectivity index (χ4n) is 3.34. The molecule has 5 N–H and O–H groups in total. The summed E-state index contributed by atoms with van der Waals surface area (Å²) in [6.07, 6.45) is 0.288. The molecule has 1 heterocycles. The summed E-state index contributed by atoms with van der Waals surface area (Å²) in [4.78, 5) is 51.3. The molecule has 3 aromatic rings. The summed E-state index contributed by atoms with van der Waals surface area (Å²) in [6, 6.07) is 13.0. The minimum absolute atomic E-state index is 0.126. The smallest absolute Gasteiger partial charge is 0.420 e. The van der Waals surface area contributed by atoms with Crippen molar-refractivity contribution < 1.29 is 41.8 Å². The first kappa shape index (κ1) is 30.5. The van der Waals surface area contributed by atoms with Crippen molar-refractivity contribution in [3.05, 3.63) is 77.5 Å². The Morgan fingerprint density at radius 1 is 0.927 bits per heavy atom. The second-order valence-electron chi connectivity index (χ2n) is 8.18. The number of carbonyl (C=O) groups is 4. The second kappa shape index (κ2) is 13.9. The highest BCUT2D eigenvalue weighted by atomic mass is 32.2. The number of sulfonamides is 1. The Hall–Kier alpha value is -5.02. The van der Waals surface area contributed by atoms with E-state index < -0.39 is 34.5 Å². The highest BCUT2D eigenvalue weighted by Crippen LogP contribution is 2.23. The van der Waals surface area contributed by atoms with E-state index in [1.807, 2.05) is 10.0 Å². The minimum Gasteiger partial charge on any atom is -0.497 e. The molecular weight excluding hydrogens is 558 g/mol. The van der Waals surface area contributed by atoms with Gasteiger partial charge in [0, 0.05) is 18.8 Å². The molecule has 15 heteroatoms.